The molecule has 0 bridgehead atoms. The Kier molecular flexibility index (Phi) is 7.21. The number of ether oxygens (including phenoxy) is 1. The fraction of sp³-hybridized carbons (Fsp3) is 0.455. The normalized spacial score (nSPS) is 14.4. The van der Waals surface area contributed by atoms with Crippen LogP contribution < -0.4 is 10.9 Å². The molecule has 0 aliphatic carbocycles. The molecule has 1 aliphatic heterocycles. The van der Waals surface area contributed by atoms with Gasteiger partial charge in [-0.2, -0.15) is 5.10 Å². The van der Waals surface area contributed by atoms with E-state index in [9.17, 15) is 14.4 Å². The summed E-state index contributed by atoms with van der Waals surface area (Å²) in [6, 6.07) is 11.1. The van der Waals surface area contributed by atoms with E-state index >= 15 is 0 Å². The van der Waals surface area contributed by atoms with E-state index in [1.54, 1.807) is 17.9 Å². The number of hydrogen-bond acceptors (Lipinski definition) is 5. The molecule has 8 nitrogen and oxygen atoms in total. The largest absolute Gasteiger partial charge is 0.450 e. The van der Waals surface area contributed by atoms with Gasteiger partial charge in [-0.05, 0) is 32.8 Å². The van der Waals surface area contributed by atoms with Crippen molar-refractivity contribution >= 4 is 12.0 Å². The van der Waals surface area contributed by atoms with Crippen molar-refractivity contribution in [2.75, 3.05) is 19.7 Å². The summed E-state index contributed by atoms with van der Waals surface area (Å²) >= 11 is 0. The van der Waals surface area contributed by atoms with Gasteiger partial charge in [0.1, 0.15) is 0 Å². The molecule has 2 amide bonds. The standard InChI is InChI=1S/C22H28N4O4/c1-3-30-22(29)25-13-10-18(11-14-25)23-20(27)12-15-26-21(28)9-8-19(24-26)17-6-4-16(2)5-7-17/h4-9,18H,3,10-15H2,1-2H3,(H,23,27). The van der Waals surface area contributed by atoms with Gasteiger partial charge in [-0.3, -0.25) is 9.59 Å². The third-order valence-corrected chi connectivity index (χ3v) is 5.15. The summed E-state index contributed by atoms with van der Waals surface area (Å²) in [6.45, 7) is 5.48. The molecule has 3 rings (SSSR count). The van der Waals surface area contributed by atoms with E-state index in [1.165, 1.54) is 10.7 Å². The molecule has 2 heterocycles. The van der Waals surface area contributed by atoms with E-state index in [4.69, 9.17) is 4.74 Å². The summed E-state index contributed by atoms with van der Waals surface area (Å²) in [6.07, 6.45) is 1.24. The smallest absolute Gasteiger partial charge is 0.409 e. The molecular formula is C22H28N4O4. The molecule has 1 aromatic heterocycles. The lowest BCUT2D eigenvalue weighted by Gasteiger charge is -2.31. The zero-order chi connectivity index (χ0) is 21.5. The highest BCUT2D eigenvalue weighted by atomic mass is 16.6. The molecule has 1 aliphatic rings. The number of nitrogens with zero attached hydrogens (tertiary/aromatic N) is 3. The zero-order valence-corrected chi connectivity index (χ0v) is 17.5. The molecule has 2 aromatic rings. The first-order chi connectivity index (χ1) is 14.5. The van der Waals surface area contributed by atoms with Crippen LogP contribution in [-0.2, 0) is 16.1 Å². The Balaban J connectivity index is 1.51. The number of hydrogen-bond donors (Lipinski definition) is 1. The number of aryl methyl sites for hydroxylation is 2. The monoisotopic (exact) mass is 412 g/mol. The number of amides is 2. The molecular weight excluding hydrogens is 384 g/mol. The van der Waals surface area contributed by atoms with Crippen LogP contribution in [0.5, 0.6) is 0 Å². The third kappa shape index (κ3) is 5.68. The first-order valence-electron chi connectivity index (χ1n) is 10.3. The van der Waals surface area contributed by atoms with Crippen molar-refractivity contribution in [2.45, 2.75) is 45.7 Å². The summed E-state index contributed by atoms with van der Waals surface area (Å²) in [5.41, 5.74) is 2.53. The third-order valence-electron chi connectivity index (χ3n) is 5.15. The number of aromatic nitrogens is 2. The highest BCUT2D eigenvalue weighted by Gasteiger charge is 2.24. The SMILES string of the molecule is CCOC(=O)N1CCC(NC(=O)CCn2nc(-c3ccc(C)cc3)ccc2=O)CC1. The van der Waals surface area contributed by atoms with E-state index in [-0.39, 0.29) is 36.6 Å². The minimum Gasteiger partial charge on any atom is -0.450 e. The van der Waals surface area contributed by atoms with Gasteiger partial charge in [0.15, 0.2) is 0 Å². The van der Waals surface area contributed by atoms with Crippen molar-refractivity contribution < 1.29 is 14.3 Å². The lowest BCUT2D eigenvalue weighted by Crippen LogP contribution is -2.46. The van der Waals surface area contributed by atoms with Crippen molar-refractivity contribution in [1.82, 2.24) is 20.0 Å². The van der Waals surface area contributed by atoms with E-state index in [2.05, 4.69) is 10.4 Å². The first-order valence-corrected chi connectivity index (χ1v) is 10.3. The zero-order valence-electron chi connectivity index (χ0n) is 17.5. The Morgan fingerprint density at radius 1 is 1.13 bits per heavy atom. The fourth-order valence-corrected chi connectivity index (χ4v) is 3.42. The highest BCUT2D eigenvalue weighted by Crippen LogP contribution is 2.16. The van der Waals surface area contributed by atoms with Gasteiger partial charge < -0.3 is 15.0 Å². The maximum atomic E-state index is 12.3. The van der Waals surface area contributed by atoms with Crippen LogP contribution in [0.2, 0.25) is 0 Å². The van der Waals surface area contributed by atoms with E-state index < -0.39 is 0 Å². The minimum absolute atomic E-state index is 0.0201. The first kappa shape index (κ1) is 21.5. The summed E-state index contributed by atoms with van der Waals surface area (Å²) in [4.78, 5) is 37.9. The molecule has 1 saturated heterocycles. The van der Waals surface area contributed by atoms with Crippen molar-refractivity contribution in [3.8, 4) is 11.3 Å². The maximum Gasteiger partial charge on any atom is 0.409 e. The van der Waals surface area contributed by atoms with Gasteiger partial charge >= 0.3 is 6.09 Å². The van der Waals surface area contributed by atoms with Gasteiger partial charge in [0.05, 0.1) is 18.8 Å². The van der Waals surface area contributed by atoms with Gasteiger partial charge in [-0.15, -0.1) is 0 Å². The van der Waals surface area contributed by atoms with Crippen molar-refractivity contribution in [1.29, 1.82) is 0 Å². The van der Waals surface area contributed by atoms with E-state index in [0.29, 0.717) is 38.2 Å². The summed E-state index contributed by atoms with van der Waals surface area (Å²) in [5.74, 6) is -0.126. The number of benzene rings is 1. The van der Waals surface area contributed by atoms with Crippen LogP contribution in [0.25, 0.3) is 11.3 Å². The molecule has 30 heavy (non-hydrogen) atoms. The van der Waals surface area contributed by atoms with Crippen molar-refractivity contribution in [3.05, 3.63) is 52.3 Å². The second kappa shape index (κ2) is 10.0. The van der Waals surface area contributed by atoms with Crippen molar-refractivity contribution in [2.24, 2.45) is 0 Å². The van der Waals surface area contributed by atoms with Gasteiger partial charge in [0.2, 0.25) is 5.91 Å². The van der Waals surface area contributed by atoms with Crippen LogP contribution in [0.4, 0.5) is 4.79 Å². The number of nitrogens with one attached hydrogen (secondary N) is 1. The summed E-state index contributed by atoms with van der Waals surface area (Å²) < 4.78 is 6.34. The summed E-state index contributed by atoms with van der Waals surface area (Å²) in [5, 5.41) is 7.40. The van der Waals surface area contributed by atoms with E-state index in [1.807, 2.05) is 31.2 Å². The Morgan fingerprint density at radius 3 is 2.50 bits per heavy atom. The van der Waals surface area contributed by atoms with Crippen molar-refractivity contribution in [3.63, 3.8) is 0 Å². The van der Waals surface area contributed by atoms with Crippen LogP contribution in [-0.4, -0.2) is 52.4 Å². The average molecular weight is 412 g/mol. The number of piperidine rings is 1. The number of likely N-dealkylation sites (tertiary alicyclic amines) is 1. The Labute approximate surface area is 175 Å². The second-order valence-electron chi connectivity index (χ2n) is 7.42. The average Bonchev–Trinajstić information content (AvgIpc) is 2.74. The molecule has 0 radical (unpaired) electrons. The molecule has 160 valence electrons. The predicted octanol–water partition coefficient (Wildman–Crippen LogP) is 2.35. The minimum atomic E-state index is -0.304. The quantitative estimate of drug-likeness (QED) is 0.786. The lowest BCUT2D eigenvalue weighted by molar-refractivity contribution is -0.122. The summed E-state index contributed by atoms with van der Waals surface area (Å²) in [7, 11) is 0. The van der Waals surface area contributed by atoms with Crippen LogP contribution in [0.1, 0.15) is 31.7 Å². The van der Waals surface area contributed by atoms with Gasteiger partial charge in [0.25, 0.3) is 5.56 Å². The Morgan fingerprint density at radius 2 is 1.83 bits per heavy atom. The molecule has 1 fully saturated rings. The molecule has 0 spiro atoms. The Bertz CT molecular complexity index is 931. The van der Waals surface area contributed by atoms with E-state index in [0.717, 1.165) is 11.1 Å². The number of carbonyl (C=O) groups excluding carboxylic acids is 2. The topological polar surface area (TPSA) is 93.5 Å². The van der Waals surface area contributed by atoms with Crippen LogP contribution in [0.3, 0.4) is 0 Å². The van der Waals surface area contributed by atoms with Gasteiger partial charge in [-0.25, -0.2) is 9.48 Å². The van der Waals surface area contributed by atoms with Crippen LogP contribution in [0, 0.1) is 6.92 Å². The molecule has 1 aromatic carbocycles. The van der Waals surface area contributed by atoms with Crippen LogP contribution in [0.15, 0.2) is 41.2 Å². The Hall–Kier alpha value is -3.16. The molecule has 0 unspecified atom stereocenters. The maximum absolute atomic E-state index is 12.3. The number of carbonyl (C=O) groups is 2. The van der Waals surface area contributed by atoms with Crippen LogP contribution >= 0.6 is 0 Å². The fourth-order valence-electron chi connectivity index (χ4n) is 3.42. The molecule has 0 atom stereocenters. The molecule has 1 N–H and O–H groups in total. The number of rotatable bonds is 6. The van der Waals surface area contributed by atoms with Gasteiger partial charge in [0, 0.05) is 37.2 Å². The lowest BCUT2D eigenvalue weighted by atomic mass is 10.1. The predicted molar refractivity (Wildman–Crippen MR) is 113 cm³/mol. The second-order valence-corrected chi connectivity index (χ2v) is 7.42. The molecule has 8 heteroatoms. The van der Waals surface area contributed by atoms with Gasteiger partial charge in [-0.1, -0.05) is 29.8 Å². The highest BCUT2D eigenvalue weighted by molar-refractivity contribution is 5.76. The molecule has 0 saturated carbocycles.